The van der Waals surface area contributed by atoms with Crippen molar-refractivity contribution in [3.05, 3.63) is 71.5 Å². The molecule has 1 heterocycles. The van der Waals surface area contributed by atoms with Crippen LogP contribution in [-0.2, 0) is 16.4 Å². The molecule has 0 aliphatic heterocycles. The zero-order valence-electron chi connectivity index (χ0n) is 15.4. The molecule has 6 nitrogen and oxygen atoms in total. The molecule has 3 aromatic rings. The number of hydrogen-bond acceptors (Lipinski definition) is 5. The van der Waals surface area contributed by atoms with E-state index in [-0.39, 0.29) is 10.9 Å². The summed E-state index contributed by atoms with van der Waals surface area (Å²) < 4.78 is 33.6. The number of ether oxygens (including phenoxy) is 1. The van der Waals surface area contributed by atoms with E-state index in [1.54, 1.807) is 38.1 Å². The molecule has 0 fully saturated rings. The number of benzene rings is 2. The fourth-order valence-corrected chi connectivity index (χ4v) is 3.75. The zero-order valence-corrected chi connectivity index (χ0v) is 16.2. The summed E-state index contributed by atoms with van der Waals surface area (Å²) in [5.41, 5.74) is 2.41. The van der Waals surface area contributed by atoms with Crippen molar-refractivity contribution < 1.29 is 13.2 Å². The minimum atomic E-state index is -3.73. The van der Waals surface area contributed by atoms with Gasteiger partial charge in [0.2, 0.25) is 0 Å². The lowest BCUT2D eigenvalue weighted by atomic mass is 10.2. The summed E-state index contributed by atoms with van der Waals surface area (Å²) in [6.45, 7) is 5.44. The molecule has 0 saturated carbocycles. The van der Waals surface area contributed by atoms with Crippen LogP contribution < -0.4 is 9.46 Å². The van der Waals surface area contributed by atoms with Crippen LogP contribution in [0.25, 0.3) is 0 Å². The van der Waals surface area contributed by atoms with Crippen molar-refractivity contribution in [2.75, 3.05) is 4.72 Å². The van der Waals surface area contributed by atoms with E-state index in [2.05, 4.69) is 14.7 Å². The zero-order chi connectivity index (χ0) is 19.4. The molecule has 27 heavy (non-hydrogen) atoms. The van der Waals surface area contributed by atoms with Crippen LogP contribution in [0.1, 0.15) is 23.9 Å². The second kappa shape index (κ2) is 7.75. The van der Waals surface area contributed by atoms with Gasteiger partial charge >= 0.3 is 6.01 Å². The van der Waals surface area contributed by atoms with Gasteiger partial charge in [0.1, 0.15) is 5.75 Å². The maximum Gasteiger partial charge on any atom is 0.322 e. The summed E-state index contributed by atoms with van der Waals surface area (Å²) in [6, 6.07) is 16.2. The molecule has 0 unspecified atom stereocenters. The molecule has 3 rings (SSSR count). The topological polar surface area (TPSA) is 81.2 Å². The van der Waals surface area contributed by atoms with Gasteiger partial charge in [0, 0.05) is 0 Å². The molecule has 7 heteroatoms. The normalized spacial score (nSPS) is 11.2. The highest BCUT2D eigenvalue weighted by molar-refractivity contribution is 7.92. The van der Waals surface area contributed by atoms with Crippen molar-refractivity contribution in [1.29, 1.82) is 0 Å². The number of aromatic nitrogens is 2. The summed E-state index contributed by atoms with van der Waals surface area (Å²) in [5, 5.41) is 0. The predicted octanol–water partition coefficient (Wildman–Crippen LogP) is 4.25. The fourth-order valence-electron chi connectivity index (χ4n) is 2.57. The number of sulfonamides is 1. The third kappa shape index (κ3) is 4.43. The fraction of sp³-hybridized carbons (Fsp3) is 0.200. The standard InChI is InChI=1S/C20H21N3O3S/c1-4-16-10-12-18(13-11-16)27(24,25)23-19-14(2)21-20(22-15(19)3)26-17-8-6-5-7-9-17/h5-13,23H,4H2,1-3H3. The molecule has 0 amide bonds. The van der Waals surface area contributed by atoms with Crippen molar-refractivity contribution in [3.63, 3.8) is 0 Å². The van der Waals surface area contributed by atoms with Crippen molar-refractivity contribution in [1.82, 2.24) is 9.97 Å². The third-order valence-electron chi connectivity index (χ3n) is 4.08. The summed E-state index contributed by atoms with van der Waals surface area (Å²) in [5.74, 6) is 0.612. The highest BCUT2D eigenvalue weighted by Gasteiger charge is 2.19. The molecule has 1 N–H and O–H groups in total. The Morgan fingerprint density at radius 2 is 1.52 bits per heavy atom. The Kier molecular flexibility index (Phi) is 5.41. The average Bonchev–Trinajstić information content (AvgIpc) is 2.66. The minimum Gasteiger partial charge on any atom is -0.424 e. The lowest BCUT2D eigenvalue weighted by Gasteiger charge is -2.14. The Morgan fingerprint density at radius 3 is 2.07 bits per heavy atom. The smallest absolute Gasteiger partial charge is 0.322 e. The molecule has 0 saturated heterocycles. The van der Waals surface area contributed by atoms with E-state index in [0.29, 0.717) is 22.8 Å². The first-order chi connectivity index (χ1) is 12.9. The Balaban J connectivity index is 1.86. The van der Waals surface area contributed by atoms with Gasteiger partial charge in [-0.1, -0.05) is 37.3 Å². The van der Waals surface area contributed by atoms with Crippen LogP contribution >= 0.6 is 0 Å². The van der Waals surface area contributed by atoms with Crippen LogP contribution in [-0.4, -0.2) is 18.4 Å². The van der Waals surface area contributed by atoms with E-state index in [1.165, 1.54) is 0 Å². The Bertz CT molecular complexity index is 1010. The summed E-state index contributed by atoms with van der Waals surface area (Å²) in [6.07, 6.45) is 0.850. The van der Waals surface area contributed by atoms with E-state index in [0.717, 1.165) is 12.0 Å². The Hall–Kier alpha value is -2.93. The molecule has 0 spiro atoms. The van der Waals surface area contributed by atoms with E-state index in [9.17, 15) is 8.42 Å². The van der Waals surface area contributed by atoms with E-state index in [1.807, 2.05) is 37.3 Å². The number of nitrogens with zero attached hydrogens (tertiary/aromatic N) is 2. The van der Waals surface area contributed by atoms with Crippen LogP contribution in [0.2, 0.25) is 0 Å². The maximum absolute atomic E-state index is 12.7. The van der Waals surface area contributed by atoms with Gasteiger partial charge in [0.15, 0.2) is 0 Å². The van der Waals surface area contributed by atoms with Crippen molar-refractivity contribution in [2.45, 2.75) is 32.1 Å². The predicted molar refractivity (Wildman–Crippen MR) is 105 cm³/mol. The summed E-state index contributed by atoms with van der Waals surface area (Å²) in [4.78, 5) is 8.75. The van der Waals surface area contributed by atoms with Crippen molar-refractivity contribution in [3.8, 4) is 11.8 Å². The third-order valence-corrected chi connectivity index (χ3v) is 5.45. The first-order valence-electron chi connectivity index (χ1n) is 8.59. The molecular formula is C20H21N3O3S. The highest BCUT2D eigenvalue weighted by Crippen LogP contribution is 2.25. The minimum absolute atomic E-state index is 0.173. The first-order valence-corrected chi connectivity index (χ1v) is 10.1. The molecule has 0 aliphatic carbocycles. The van der Waals surface area contributed by atoms with Crippen LogP contribution in [0.5, 0.6) is 11.8 Å². The second-order valence-electron chi connectivity index (χ2n) is 6.07. The Morgan fingerprint density at radius 1 is 0.926 bits per heavy atom. The number of nitrogens with one attached hydrogen (secondary N) is 1. The van der Waals surface area contributed by atoms with Gasteiger partial charge in [-0.3, -0.25) is 4.72 Å². The van der Waals surface area contributed by atoms with Gasteiger partial charge in [-0.2, -0.15) is 9.97 Å². The van der Waals surface area contributed by atoms with Crippen LogP contribution in [0.15, 0.2) is 59.5 Å². The quantitative estimate of drug-likeness (QED) is 0.688. The van der Waals surface area contributed by atoms with Crippen LogP contribution in [0.3, 0.4) is 0 Å². The van der Waals surface area contributed by atoms with Gasteiger partial charge < -0.3 is 4.74 Å². The van der Waals surface area contributed by atoms with Gasteiger partial charge in [-0.05, 0) is 50.1 Å². The van der Waals surface area contributed by atoms with Crippen molar-refractivity contribution in [2.24, 2.45) is 0 Å². The lowest BCUT2D eigenvalue weighted by molar-refractivity contribution is 0.439. The molecule has 0 atom stereocenters. The molecule has 1 aromatic heterocycles. The van der Waals surface area contributed by atoms with Gasteiger partial charge in [0.05, 0.1) is 22.0 Å². The number of hydrogen-bond donors (Lipinski definition) is 1. The highest BCUT2D eigenvalue weighted by atomic mass is 32.2. The number of para-hydroxylation sites is 1. The SMILES string of the molecule is CCc1ccc(S(=O)(=O)Nc2c(C)nc(Oc3ccccc3)nc2C)cc1. The Labute approximate surface area is 159 Å². The van der Waals surface area contributed by atoms with Crippen LogP contribution in [0, 0.1) is 13.8 Å². The van der Waals surface area contributed by atoms with Crippen LogP contribution in [0.4, 0.5) is 5.69 Å². The summed E-state index contributed by atoms with van der Waals surface area (Å²) in [7, 11) is -3.73. The molecule has 140 valence electrons. The first kappa shape index (κ1) is 18.8. The van der Waals surface area contributed by atoms with Gasteiger partial charge in [-0.25, -0.2) is 8.42 Å². The second-order valence-corrected chi connectivity index (χ2v) is 7.75. The molecular weight excluding hydrogens is 362 g/mol. The van der Waals surface area contributed by atoms with Gasteiger partial charge in [0.25, 0.3) is 10.0 Å². The average molecular weight is 383 g/mol. The monoisotopic (exact) mass is 383 g/mol. The molecule has 0 aliphatic rings. The van der Waals surface area contributed by atoms with E-state index >= 15 is 0 Å². The molecule has 0 bridgehead atoms. The number of anilines is 1. The van der Waals surface area contributed by atoms with Crippen molar-refractivity contribution >= 4 is 15.7 Å². The molecule has 0 radical (unpaired) electrons. The molecule has 2 aromatic carbocycles. The number of aryl methyl sites for hydroxylation is 3. The van der Waals surface area contributed by atoms with Gasteiger partial charge in [-0.15, -0.1) is 0 Å². The summed E-state index contributed by atoms with van der Waals surface area (Å²) >= 11 is 0. The maximum atomic E-state index is 12.7. The van der Waals surface area contributed by atoms with E-state index in [4.69, 9.17) is 4.74 Å². The lowest BCUT2D eigenvalue weighted by Crippen LogP contribution is -2.16. The largest absolute Gasteiger partial charge is 0.424 e. The van der Waals surface area contributed by atoms with E-state index < -0.39 is 10.0 Å². The number of rotatable bonds is 6.